The van der Waals surface area contributed by atoms with Gasteiger partial charge >= 0.3 is 6.03 Å². The quantitative estimate of drug-likeness (QED) is 0.566. The highest BCUT2D eigenvalue weighted by Crippen LogP contribution is 2.26. The number of nitrogens with zero attached hydrogens (tertiary/aromatic N) is 3. The fourth-order valence-electron chi connectivity index (χ4n) is 4.02. The Balaban J connectivity index is 1.32. The van der Waals surface area contributed by atoms with E-state index in [0.29, 0.717) is 12.0 Å². The molecule has 162 valence electrons. The second-order valence-corrected chi connectivity index (χ2v) is 8.44. The van der Waals surface area contributed by atoms with Crippen molar-refractivity contribution in [3.8, 4) is 0 Å². The monoisotopic (exact) mass is 418 g/mol. The van der Waals surface area contributed by atoms with E-state index in [1.54, 1.807) is 0 Å². The smallest absolute Gasteiger partial charge is 0.319 e. The van der Waals surface area contributed by atoms with Gasteiger partial charge in [-0.2, -0.15) is 4.98 Å². The van der Waals surface area contributed by atoms with Crippen LogP contribution in [0.25, 0.3) is 10.9 Å². The summed E-state index contributed by atoms with van der Waals surface area (Å²) in [6, 6.07) is 16.2. The number of para-hydroxylation sites is 1. The van der Waals surface area contributed by atoms with E-state index >= 15 is 0 Å². The van der Waals surface area contributed by atoms with Crippen molar-refractivity contribution in [3.63, 3.8) is 0 Å². The molecule has 1 aliphatic carbocycles. The molecule has 31 heavy (non-hydrogen) atoms. The highest BCUT2D eigenvalue weighted by molar-refractivity contribution is 5.90. The number of fused-ring (bicyclic) bond motifs is 1. The summed E-state index contributed by atoms with van der Waals surface area (Å²) in [5, 5.41) is 10.6. The minimum atomic E-state index is -0.145. The van der Waals surface area contributed by atoms with Crippen molar-refractivity contribution in [1.82, 2.24) is 15.3 Å². The first kappa shape index (κ1) is 20.9. The van der Waals surface area contributed by atoms with Crippen LogP contribution in [0, 0.1) is 6.92 Å². The van der Waals surface area contributed by atoms with Gasteiger partial charge in [0.1, 0.15) is 5.82 Å². The molecule has 0 aliphatic heterocycles. The van der Waals surface area contributed by atoms with E-state index in [1.165, 1.54) is 5.56 Å². The van der Waals surface area contributed by atoms with E-state index in [1.807, 2.05) is 74.4 Å². The van der Waals surface area contributed by atoms with Crippen LogP contribution in [-0.4, -0.2) is 42.2 Å². The van der Waals surface area contributed by atoms with Gasteiger partial charge in [-0.15, -0.1) is 0 Å². The summed E-state index contributed by atoms with van der Waals surface area (Å²) in [4.78, 5) is 23.8. The normalized spacial score (nSPS) is 18.4. The summed E-state index contributed by atoms with van der Waals surface area (Å²) in [7, 11) is 3.99. The molecule has 0 radical (unpaired) electrons. The Hall–Kier alpha value is -3.35. The zero-order chi connectivity index (χ0) is 21.8. The lowest BCUT2D eigenvalue weighted by molar-refractivity contribution is 0.243. The van der Waals surface area contributed by atoms with Gasteiger partial charge in [0.15, 0.2) is 0 Å². The second kappa shape index (κ2) is 9.20. The maximum absolute atomic E-state index is 12.3. The zero-order valence-electron chi connectivity index (χ0n) is 18.4. The molecule has 0 bridgehead atoms. The maximum atomic E-state index is 12.3. The maximum Gasteiger partial charge on any atom is 0.319 e. The Morgan fingerprint density at radius 3 is 2.32 bits per heavy atom. The number of amides is 2. The van der Waals surface area contributed by atoms with Crippen LogP contribution in [0.3, 0.4) is 0 Å². The number of carbonyl (C=O) groups is 1. The third-order valence-corrected chi connectivity index (χ3v) is 5.71. The number of aryl methyl sites for hydroxylation is 1. The largest absolute Gasteiger partial charge is 0.362 e. The SMILES string of the molecule is Cc1ccc(NC(=O)NC2CCC(Nc3nc(N(C)C)c4ccccc4n3)CC2)cc1. The van der Waals surface area contributed by atoms with Gasteiger partial charge < -0.3 is 20.9 Å². The van der Waals surface area contributed by atoms with Crippen molar-refractivity contribution in [3.05, 3.63) is 54.1 Å². The van der Waals surface area contributed by atoms with Crippen LogP contribution in [0.15, 0.2) is 48.5 Å². The zero-order valence-corrected chi connectivity index (χ0v) is 18.4. The molecular weight excluding hydrogens is 388 g/mol. The fraction of sp³-hybridized carbons (Fsp3) is 0.375. The van der Waals surface area contributed by atoms with Gasteiger partial charge in [0.25, 0.3) is 0 Å². The van der Waals surface area contributed by atoms with E-state index in [-0.39, 0.29) is 12.1 Å². The van der Waals surface area contributed by atoms with Gasteiger partial charge in [0.2, 0.25) is 5.95 Å². The molecule has 2 aromatic carbocycles. The number of anilines is 3. The standard InChI is InChI=1S/C24H30N6O/c1-16-8-10-18(11-9-16)26-24(31)27-19-14-12-17(13-15-19)25-23-28-21-7-5-4-6-20(21)22(29-23)30(2)3/h4-11,17,19H,12-15H2,1-3H3,(H,25,28,29)(H2,26,27,31). The Bertz CT molecular complexity index is 1040. The number of carbonyl (C=O) groups excluding carboxylic acids is 1. The lowest BCUT2D eigenvalue weighted by atomic mass is 9.91. The highest BCUT2D eigenvalue weighted by Gasteiger charge is 2.23. The minimum absolute atomic E-state index is 0.145. The van der Waals surface area contributed by atoms with Crippen molar-refractivity contribution in [1.29, 1.82) is 0 Å². The number of urea groups is 1. The van der Waals surface area contributed by atoms with Crippen LogP contribution >= 0.6 is 0 Å². The van der Waals surface area contributed by atoms with Crippen molar-refractivity contribution in [2.45, 2.75) is 44.7 Å². The van der Waals surface area contributed by atoms with Gasteiger partial charge in [-0.05, 0) is 56.9 Å². The molecular formula is C24H30N6O. The molecule has 4 rings (SSSR count). The van der Waals surface area contributed by atoms with Crippen LogP contribution in [0.5, 0.6) is 0 Å². The first-order valence-electron chi connectivity index (χ1n) is 10.8. The lowest BCUT2D eigenvalue weighted by Crippen LogP contribution is -2.42. The Kier molecular flexibility index (Phi) is 6.21. The predicted octanol–water partition coefficient (Wildman–Crippen LogP) is 4.55. The average Bonchev–Trinajstić information content (AvgIpc) is 2.76. The van der Waals surface area contributed by atoms with Gasteiger partial charge in [0, 0.05) is 37.3 Å². The molecule has 0 unspecified atom stereocenters. The van der Waals surface area contributed by atoms with Gasteiger partial charge in [-0.25, -0.2) is 9.78 Å². The van der Waals surface area contributed by atoms with Gasteiger partial charge in [-0.1, -0.05) is 29.8 Å². The molecule has 0 atom stereocenters. The van der Waals surface area contributed by atoms with E-state index in [4.69, 9.17) is 9.97 Å². The minimum Gasteiger partial charge on any atom is -0.362 e. The third kappa shape index (κ3) is 5.23. The summed E-state index contributed by atoms with van der Waals surface area (Å²) in [5.41, 5.74) is 2.92. The van der Waals surface area contributed by atoms with Gasteiger partial charge in [-0.3, -0.25) is 0 Å². The molecule has 1 aromatic heterocycles. The second-order valence-electron chi connectivity index (χ2n) is 8.44. The topological polar surface area (TPSA) is 82.2 Å². The van der Waals surface area contributed by atoms with E-state index in [9.17, 15) is 4.79 Å². The van der Waals surface area contributed by atoms with Crippen LogP contribution in [0.4, 0.5) is 22.2 Å². The van der Waals surface area contributed by atoms with Crippen molar-refractivity contribution < 1.29 is 4.79 Å². The Morgan fingerprint density at radius 2 is 1.61 bits per heavy atom. The Morgan fingerprint density at radius 1 is 0.935 bits per heavy atom. The summed E-state index contributed by atoms with van der Waals surface area (Å²) in [6.45, 7) is 2.03. The molecule has 3 N–H and O–H groups in total. The number of benzene rings is 2. The van der Waals surface area contributed by atoms with E-state index in [2.05, 4.69) is 16.0 Å². The van der Waals surface area contributed by atoms with E-state index < -0.39 is 0 Å². The number of aromatic nitrogens is 2. The summed E-state index contributed by atoms with van der Waals surface area (Å²) in [5.74, 6) is 1.58. The Labute approximate surface area is 183 Å². The van der Waals surface area contributed by atoms with Gasteiger partial charge in [0.05, 0.1) is 5.52 Å². The van der Waals surface area contributed by atoms with Crippen molar-refractivity contribution in [2.75, 3.05) is 29.6 Å². The van der Waals surface area contributed by atoms with Crippen molar-refractivity contribution >= 4 is 34.4 Å². The van der Waals surface area contributed by atoms with E-state index in [0.717, 1.165) is 48.1 Å². The van der Waals surface area contributed by atoms with Crippen LogP contribution in [0.2, 0.25) is 0 Å². The van der Waals surface area contributed by atoms with Crippen molar-refractivity contribution in [2.24, 2.45) is 0 Å². The van der Waals surface area contributed by atoms with Crippen LogP contribution in [-0.2, 0) is 0 Å². The first-order valence-corrected chi connectivity index (χ1v) is 10.8. The molecule has 1 fully saturated rings. The molecule has 2 amide bonds. The number of hydrogen-bond acceptors (Lipinski definition) is 5. The molecule has 0 saturated heterocycles. The first-order chi connectivity index (χ1) is 15.0. The summed E-state index contributed by atoms with van der Waals surface area (Å²) < 4.78 is 0. The number of nitrogens with one attached hydrogen (secondary N) is 3. The van der Waals surface area contributed by atoms with Crippen LogP contribution in [0.1, 0.15) is 31.2 Å². The summed E-state index contributed by atoms with van der Waals surface area (Å²) in [6.07, 6.45) is 3.77. The molecule has 0 spiro atoms. The number of hydrogen-bond donors (Lipinski definition) is 3. The molecule has 1 aliphatic rings. The number of rotatable bonds is 5. The average molecular weight is 419 g/mol. The predicted molar refractivity (Wildman–Crippen MR) is 127 cm³/mol. The lowest BCUT2D eigenvalue weighted by Gasteiger charge is -2.30. The molecule has 1 saturated carbocycles. The molecule has 1 heterocycles. The molecule has 7 heteroatoms. The highest BCUT2D eigenvalue weighted by atomic mass is 16.2. The molecule has 3 aromatic rings. The molecule has 7 nitrogen and oxygen atoms in total. The van der Waals surface area contributed by atoms with Crippen LogP contribution < -0.4 is 20.9 Å². The third-order valence-electron chi connectivity index (χ3n) is 5.71. The fourth-order valence-corrected chi connectivity index (χ4v) is 4.02. The summed E-state index contributed by atoms with van der Waals surface area (Å²) >= 11 is 0.